The Morgan fingerprint density at radius 1 is 0.838 bits per heavy atom. The van der Waals surface area contributed by atoms with Crippen LogP contribution in [-0.2, 0) is 6.54 Å². The molecule has 1 saturated heterocycles. The zero-order valence-electron chi connectivity index (χ0n) is 19.7. The molecule has 3 aromatic carbocycles. The molecule has 1 unspecified atom stereocenters. The zero-order valence-corrected chi connectivity index (χ0v) is 21.4. The van der Waals surface area contributed by atoms with Crippen LogP contribution in [0, 0.1) is 11.6 Å². The molecule has 1 atom stereocenters. The van der Waals surface area contributed by atoms with Gasteiger partial charge in [0.05, 0.1) is 22.8 Å². The van der Waals surface area contributed by atoms with E-state index in [1.807, 2.05) is 18.2 Å². The van der Waals surface area contributed by atoms with E-state index in [-0.39, 0.29) is 30.1 Å². The van der Waals surface area contributed by atoms with Crippen molar-refractivity contribution in [1.29, 1.82) is 0 Å². The van der Waals surface area contributed by atoms with Crippen molar-refractivity contribution in [2.75, 3.05) is 31.1 Å². The van der Waals surface area contributed by atoms with Gasteiger partial charge >= 0.3 is 0 Å². The third kappa shape index (κ3) is 5.31. The molecule has 1 fully saturated rings. The van der Waals surface area contributed by atoms with Gasteiger partial charge < -0.3 is 4.90 Å². The van der Waals surface area contributed by atoms with Crippen molar-refractivity contribution in [2.45, 2.75) is 12.6 Å². The topological polar surface area (TPSA) is 63.0 Å². The number of hydrogen-bond donors (Lipinski definition) is 0. The van der Waals surface area contributed by atoms with Crippen molar-refractivity contribution in [3.63, 3.8) is 0 Å². The third-order valence-corrected chi connectivity index (χ3v) is 7.57. The molecule has 0 aliphatic carbocycles. The van der Waals surface area contributed by atoms with Crippen LogP contribution >= 0.6 is 23.7 Å². The maximum atomic E-state index is 13.8. The summed E-state index contributed by atoms with van der Waals surface area (Å²) in [7, 11) is 0. The first-order chi connectivity index (χ1) is 17.6. The van der Waals surface area contributed by atoms with E-state index in [0.717, 1.165) is 48.0 Å². The van der Waals surface area contributed by atoms with E-state index in [1.54, 1.807) is 40.3 Å². The molecule has 0 amide bonds. The minimum atomic E-state index is -0.288. The molecule has 37 heavy (non-hydrogen) atoms. The second-order valence-electron chi connectivity index (χ2n) is 8.76. The second-order valence-corrected chi connectivity index (χ2v) is 9.77. The highest BCUT2D eigenvalue weighted by molar-refractivity contribution is 7.22. The van der Waals surface area contributed by atoms with Gasteiger partial charge in [-0.3, -0.25) is 4.90 Å². The highest BCUT2D eigenvalue weighted by atomic mass is 35.5. The van der Waals surface area contributed by atoms with Gasteiger partial charge in [-0.25, -0.2) is 18.4 Å². The monoisotopic (exact) mass is 539 g/mol. The Labute approximate surface area is 222 Å². The van der Waals surface area contributed by atoms with Crippen molar-refractivity contribution >= 4 is 39.1 Å². The fraction of sp³-hybridized carbons (Fsp3) is 0.231. The van der Waals surface area contributed by atoms with Gasteiger partial charge in [-0.15, -0.1) is 17.5 Å². The Hall–Kier alpha value is -3.47. The van der Waals surface area contributed by atoms with E-state index in [0.29, 0.717) is 12.4 Å². The molecule has 0 spiro atoms. The lowest BCUT2D eigenvalue weighted by Gasteiger charge is -2.38. The quantitative estimate of drug-likeness (QED) is 0.304. The summed E-state index contributed by atoms with van der Waals surface area (Å²) in [4.78, 5) is 9.45. The Morgan fingerprint density at radius 2 is 1.51 bits per heavy atom. The maximum absolute atomic E-state index is 13.8. The average molecular weight is 540 g/mol. The normalized spacial score (nSPS) is 15.0. The number of thiazole rings is 1. The number of anilines is 1. The second kappa shape index (κ2) is 10.9. The lowest BCUT2D eigenvalue weighted by Crippen LogP contribution is -2.48. The number of rotatable bonds is 6. The highest BCUT2D eigenvalue weighted by Crippen LogP contribution is 2.32. The van der Waals surface area contributed by atoms with Crippen LogP contribution in [0.1, 0.15) is 23.0 Å². The molecule has 2 aromatic heterocycles. The summed E-state index contributed by atoms with van der Waals surface area (Å²) in [5, 5.41) is 13.6. The van der Waals surface area contributed by atoms with E-state index in [2.05, 4.69) is 31.4 Å². The van der Waals surface area contributed by atoms with Gasteiger partial charge in [-0.2, -0.15) is 0 Å². The molecule has 0 N–H and O–H groups in total. The smallest absolute Gasteiger partial charge is 0.186 e. The molecule has 190 valence electrons. The van der Waals surface area contributed by atoms with Crippen LogP contribution in [0.15, 0.2) is 72.8 Å². The van der Waals surface area contributed by atoms with Crippen LogP contribution in [0.5, 0.6) is 0 Å². The molecule has 6 rings (SSSR count). The van der Waals surface area contributed by atoms with Crippen LogP contribution in [0.3, 0.4) is 0 Å². The molecule has 7 nitrogen and oxygen atoms in total. The lowest BCUT2D eigenvalue weighted by atomic mass is 10.0. The van der Waals surface area contributed by atoms with Gasteiger partial charge in [0, 0.05) is 26.2 Å². The van der Waals surface area contributed by atoms with E-state index in [1.165, 1.54) is 29.0 Å². The molecular weight excluding hydrogens is 516 g/mol. The molecule has 5 aromatic rings. The van der Waals surface area contributed by atoms with Crippen molar-refractivity contribution < 1.29 is 8.78 Å². The van der Waals surface area contributed by atoms with E-state index in [9.17, 15) is 8.78 Å². The van der Waals surface area contributed by atoms with Gasteiger partial charge in [-0.05, 0) is 58.0 Å². The van der Waals surface area contributed by atoms with Crippen molar-refractivity contribution in [2.24, 2.45) is 0 Å². The number of nitrogens with zero attached hydrogens (tertiary/aromatic N) is 7. The molecule has 3 heterocycles. The van der Waals surface area contributed by atoms with Gasteiger partial charge in [0.1, 0.15) is 11.6 Å². The summed E-state index contributed by atoms with van der Waals surface area (Å²) in [5.41, 5.74) is 2.83. The largest absolute Gasteiger partial charge is 0.345 e. The predicted octanol–water partition coefficient (Wildman–Crippen LogP) is 4.94. The Balaban J connectivity index is 0.00000280. The predicted molar refractivity (Wildman–Crippen MR) is 142 cm³/mol. The fourth-order valence-corrected chi connectivity index (χ4v) is 5.63. The van der Waals surface area contributed by atoms with Crippen LogP contribution in [0.2, 0.25) is 0 Å². The van der Waals surface area contributed by atoms with Crippen LogP contribution in [-0.4, -0.2) is 56.3 Å². The van der Waals surface area contributed by atoms with Gasteiger partial charge in [0.15, 0.2) is 11.0 Å². The first kappa shape index (κ1) is 25.2. The van der Waals surface area contributed by atoms with Crippen LogP contribution in [0.25, 0.3) is 10.2 Å². The highest BCUT2D eigenvalue weighted by Gasteiger charge is 2.31. The van der Waals surface area contributed by atoms with E-state index < -0.39 is 0 Å². The van der Waals surface area contributed by atoms with Crippen molar-refractivity contribution in [3.05, 3.63) is 101 Å². The Bertz CT molecular complexity index is 1430. The average Bonchev–Trinajstić information content (AvgIpc) is 3.54. The van der Waals surface area contributed by atoms with Crippen molar-refractivity contribution in [1.82, 2.24) is 30.1 Å². The number of para-hydroxylation sites is 1. The summed E-state index contributed by atoms with van der Waals surface area (Å²) >= 11 is 1.71. The molecule has 0 saturated carbocycles. The number of tetrazole rings is 1. The summed E-state index contributed by atoms with van der Waals surface area (Å²) in [6.45, 7) is 3.54. The minimum Gasteiger partial charge on any atom is -0.345 e. The minimum absolute atomic E-state index is 0. The summed E-state index contributed by atoms with van der Waals surface area (Å²) in [6, 6.07) is 20.7. The standard InChI is InChI=1S/C26H23F2N7S.ClH/c27-20-9-5-18(6-10-20)17-35-25(30-31-32-35)24(19-7-11-21(28)12-8-19)33-13-15-34(16-14-33)26-29-22-3-1-2-4-23(22)36-26;/h1-12,24H,13-17H2;1H. The van der Waals surface area contributed by atoms with Gasteiger partial charge in [0.2, 0.25) is 0 Å². The summed E-state index contributed by atoms with van der Waals surface area (Å²) in [6.07, 6.45) is 0. The van der Waals surface area contributed by atoms with Gasteiger partial charge in [-0.1, -0.05) is 47.7 Å². The molecule has 0 radical (unpaired) electrons. The number of halogens is 3. The number of aromatic nitrogens is 5. The van der Waals surface area contributed by atoms with Gasteiger partial charge in [0.25, 0.3) is 0 Å². The molecular formula is C26H24ClF2N7S. The third-order valence-electron chi connectivity index (χ3n) is 6.47. The maximum Gasteiger partial charge on any atom is 0.186 e. The van der Waals surface area contributed by atoms with E-state index >= 15 is 0 Å². The number of piperazine rings is 1. The fourth-order valence-electron chi connectivity index (χ4n) is 4.62. The van der Waals surface area contributed by atoms with E-state index in [4.69, 9.17) is 4.98 Å². The summed E-state index contributed by atoms with van der Waals surface area (Å²) in [5.74, 6) is 0.0919. The van der Waals surface area contributed by atoms with Crippen LogP contribution < -0.4 is 4.90 Å². The Kier molecular flexibility index (Phi) is 7.40. The number of fused-ring (bicyclic) bond motifs is 1. The first-order valence-corrected chi connectivity index (χ1v) is 12.6. The first-order valence-electron chi connectivity index (χ1n) is 11.7. The summed E-state index contributed by atoms with van der Waals surface area (Å²) < 4.78 is 30.1. The molecule has 1 aliphatic heterocycles. The molecule has 11 heteroatoms. The molecule has 1 aliphatic rings. The SMILES string of the molecule is Cl.Fc1ccc(Cn2nnnc2C(c2ccc(F)cc2)N2CCN(c3nc4ccccc4s3)CC2)cc1. The lowest BCUT2D eigenvalue weighted by molar-refractivity contribution is 0.201. The Morgan fingerprint density at radius 3 is 2.22 bits per heavy atom. The van der Waals surface area contributed by atoms with Crippen molar-refractivity contribution in [3.8, 4) is 0 Å². The van der Waals surface area contributed by atoms with Crippen LogP contribution in [0.4, 0.5) is 13.9 Å². The zero-order chi connectivity index (χ0) is 24.5. The number of benzene rings is 3. The molecule has 0 bridgehead atoms. The number of hydrogen-bond acceptors (Lipinski definition) is 7.